The van der Waals surface area contributed by atoms with Crippen LogP contribution < -0.4 is 11.2 Å². The number of carbonyl (C=O) groups excluding carboxylic acids is 1. The molecule has 0 unspecified atom stereocenters. The first-order valence-electron chi connectivity index (χ1n) is 10.7. The van der Waals surface area contributed by atoms with Crippen LogP contribution in [0.1, 0.15) is 60.6 Å². The second-order valence-corrected chi connectivity index (χ2v) is 8.86. The van der Waals surface area contributed by atoms with Gasteiger partial charge in [-0.2, -0.15) is 0 Å². The zero-order valence-electron chi connectivity index (χ0n) is 18.0. The largest absolute Gasteiger partial charge is 0.335 e. The summed E-state index contributed by atoms with van der Waals surface area (Å²) in [5.41, 5.74) is 1.02. The Morgan fingerprint density at radius 2 is 1.94 bits per heavy atom. The number of benzene rings is 1. The SMILES string of the molecule is CCCn1c(=O)[nH]c(=O)c2c(C(=O)N(CC)Cc3ccc(Cl)c(Cl)c3)cc(C3CC3)nc21. The molecule has 7 nitrogen and oxygen atoms in total. The van der Waals surface area contributed by atoms with Crippen LogP contribution in [0.2, 0.25) is 10.0 Å². The van der Waals surface area contributed by atoms with Crippen LogP contribution in [0.5, 0.6) is 0 Å². The van der Waals surface area contributed by atoms with Crippen molar-refractivity contribution in [3.8, 4) is 0 Å². The van der Waals surface area contributed by atoms with Crippen LogP contribution in [0.15, 0.2) is 33.9 Å². The number of hydrogen-bond donors (Lipinski definition) is 1. The molecule has 4 rings (SSSR count). The molecule has 0 aliphatic heterocycles. The van der Waals surface area contributed by atoms with Crippen molar-refractivity contribution in [2.45, 2.75) is 52.1 Å². The highest BCUT2D eigenvalue weighted by Gasteiger charge is 2.29. The molecular weight excluding hydrogens is 451 g/mol. The molecule has 9 heteroatoms. The van der Waals surface area contributed by atoms with Gasteiger partial charge in [0.15, 0.2) is 5.65 Å². The first-order chi connectivity index (χ1) is 15.3. The molecule has 1 fully saturated rings. The van der Waals surface area contributed by atoms with Gasteiger partial charge in [0.25, 0.3) is 11.5 Å². The predicted octanol–water partition coefficient (Wildman–Crippen LogP) is 4.34. The van der Waals surface area contributed by atoms with Crippen LogP contribution in [-0.4, -0.2) is 31.9 Å². The summed E-state index contributed by atoms with van der Waals surface area (Å²) in [5, 5.41) is 1.01. The van der Waals surface area contributed by atoms with E-state index in [9.17, 15) is 14.4 Å². The molecule has 1 aliphatic carbocycles. The van der Waals surface area contributed by atoms with Crippen molar-refractivity contribution in [2.24, 2.45) is 0 Å². The molecular formula is C23H24Cl2N4O3. The van der Waals surface area contributed by atoms with Gasteiger partial charge in [-0.1, -0.05) is 36.2 Å². The van der Waals surface area contributed by atoms with Crippen LogP contribution in [-0.2, 0) is 13.1 Å². The number of aromatic amines is 1. The van der Waals surface area contributed by atoms with Gasteiger partial charge in [-0.3, -0.25) is 19.1 Å². The summed E-state index contributed by atoms with van der Waals surface area (Å²) in [5.74, 6) is -0.0411. The van der Waals surface area contributed by atoms with Gasteiger partial charge in [-0.15, -0.1) is 0 Å². The average molecular weight is 475 g/mol. The summed E-state index contributed by atoms with van der Waals surface area (Å²) >= 11 is 12.2. The minimum Gasteiger partial charge on any atom is -0.335 e. The molecule has 1 aliphatic rings. The van der Waals surface area contributed by atoms with E-state index in [0.717, 1.165) is 24.1 Å². The average Bonchev–Trinajstić information content (AvgIpc) is 3.61. The Hall–Kier alpha value is -2.64. The lowest BCUT2D eigenvalue weighted by Crippen LogP contribution is -2.35. The van der Waals surface area contributed by atoms with E-state index in [1.807, 2.05) is 19.9 Å². The molecule has 1 saturated carbocycles. The number of aryl methyl sites for hydroxylation is 1. The van der Waals surface area contributed by atoms with Crippen molar-refractivity contribution in [2.75, 3.05) is 6.54 Å². The Morgan fingerprint density at radius 3 is 2.56 bits per heavy atom. The van der Waals surface area contributed by atoms with Crippen molar-refractivity contribution in [1.29, 1.82) is 0 Å². The maximum atomic E-state index is 13.6. The fourth-order valence-electron chi connectivity index (χ4n) is 3.84. The fourth-order valence-corrected chi connectivity index (χ4v) is 4.16. The normalized spacial score (nSPS) is 13.5. The fraction of sp³-hybridized carbons (Fsp3) is 0.391. The molecule has 1 aromatic carbocycles. The van der Waals surface area contributed by atoms with E-state index in [4.69, 9.17) is 23.2 Å². The lowest BCUT2D eigenvalue weighted by molar-refractivity contribution is 0.0754. The number of H-pyrrole nitrogens is 1. The molecule has 32 heavy (non-hydrogen) atoms. The maximum Gasteiger partial charge on any atom is 0.329 e. The number of hydrogen-bond acceptors (Lipinski definition) is 4. The number of carbonyl (C=O) groups is 1. The second-order valence-electron chi connectivity index (χ2n) is 8.05. The van der Waals surface area contributed by atoms with Crippen molar-refractivity contribution in [1.82, 2.24) is 19.4 Å². The zero-order valence-corrected chi connectivity index (χ0v) is 19.5. The van der Waals surface area contributed by atoms with Gasteiger partial charge in [0.2, 0.25) is 0 Å². The Balaban J connectivity index is 1.85. The van der Waals surface area contributed by atoms with Gasteiger partial charge >= 0.3 is 5.69 Å². The van der Waals surface area contributed by atoms with Gasteiger partial charge in [0, 0.05) is 31.2 Å². The number of fused-ring (bicyclic) bond motifs is 1. The highest BCUT2D eigenvalue weighted by Crippen LogP contribution is 2.40. The van der Waals surface area contributed by atoms with E-state index >= 15 is 0 Å². The van der Waals surface area contributed by atoms with Crippen LogP contribution >= 0.6 is 23.2 Å². The molecule has 0 bridgehead atoms. The van der Waals surface area contributed by atoms with E-state index in [1.165, 1.54) is 4.57 Å². The molecule has 1 N–H and O–H groups in total. The van der Waals surface area contributed by atoms with Gasteiger partial charge in [0.1, 0.15) is 0 Å². The number of aromatic nitrogens is 3. The third-order valence-corrected chi connectivity index (χ3v) is 6.41. The van der Waals surface area contributed by atoms with Gasteiger partial charge < -0.3 is 4.90 Å². The van der Waals surface area contributed by atoms with E-state index < -0.39 is 11.2 Å². The number of nitrogens with zero attached hydrogens (tertiary/aromatic N) is 3. The highest BCUT2D eigenvalue weighted by atomic mass is 35.5. The van der Waals surface area contributed by atoms with Gasteiger partial charge in [-0.25, -0.2) is 9.78 Å². The zero-order chi connectivity index (χ0) is 23.0. The van der Waals surface area contributed by atoms with Crippen molar-refractivity contribution in [3.05, 3.63) is 72.0 Å². The molecule has 2 aromatic heterocycles. The van der Waals surface area contributed by atoms with Gasteiger partial charge in [0.05, 0.1) is 21.0 Å². The topological polar surface area (TPSA) is 88.1 Å². The van der Waals surface area contributed by atoms with Crippen LogP contribution in [0.4, 0.5) is 0 Å². The quantitative estimate of drug-likeness (QED) is 0.551. The number of rotatable bonds is 7. The molecule has 168 valence electrons. The highest BCUT2D eigenvalue weighted by molar-refractivity contribution is 6.42. The lowest BCUT2D eigenvalue weighted by Gasteiger charge is -2.22. The number of halogens is 2. The Bertz CT molecular complexity index is 1310. The van der Waals surface area contributed by atoms with E-state index in [-0.39, 0.29) is 28.4 Å². The minimum absolute atomic E-state index is 0.153. The van der Waals surface area contributed by atoms with Crippen molar-refractivity contribution in [3.63, 3.8) is 0 Å². The number of amides is 1. The molecule has 2 heterocycles. The van der Waals surface area contributed by atoms with Gasteiger partial charge in [-0.05, 0) is 49.9 Å². The number of pyridine rings is 1. The van der Waals surface area contributed by atoms with Crippen LogP contribution in [0, 0.1) is 0 Å². The third kappa shape index (κ3) is 4.32. The molecule has 0 spiro atoms. The molecule has 0 radical (unpaired) electrons. The summed E-state index contributed by atoms with van der Waals surface area (Å²) in [7, 11) is 0. The summed E-state index contributed by atoms with van der Waals surface area (Å²) in [4.78, 5) is 47.6. The lowest BCUT2D eigenvalue weighted by atomic mass is 10.1. The summed E-state index contributed by atoms with van der Waals surface area (Å²) < 4.78 is 1.45. The van der Waals surface area contributed by atoms with Crippen LogP contribution in [0.3, 0.4) is 0 Å². The molecule has 0 saturated heterocycles. The maximum absolute atomic E-state index is 13.6. The monoisotopic (exact) mass is 474 g/mol. The molecule has 0 atom stereocenters. The third-order valence-electron chi connectivity index (χ3n) is 5.67. The second kappa shape index (κ2) is 9.08. The smallest absolute Gasteiger partial charge is 0.329 e. The number of nitrogens with one attached hydrogen (secondary N) is 1. The van der Waals surface area contributed by atoms with E-state index in [2.05, 4.69) is 9.97 Å². The van der Waals surface area contributed by atoms with E-state index in [0.29, 0.717) is 36.1 Å². The van der Waals surface area contributed by atoms with Crippen molar-refractivity contribution < 1.29 is 4.79 Å². The molecule has 3 aromatic rings. The Morgan fingerprint density at radius 1 is 1.19 bits per heavy atom. The minimum atomic E-state index is -0.596. The van der Waals surface area contributed by atoms with Crippen molar-refractivity contribution >= 4 is 40.1 Å². The summed E-state index contributed by atoms with van der Waals surface area (Å²) in [6, 6.07) is 6.95. The Kier molecular flexibility index (Phi) is 6.40. The summed E-state index contributed by atoms with van der Waals surface area (Å²) in [6.45, 7) is 4.95. The molecule has 1 amide bonds. The summed E-state index contributed by atoms with van der Waals surface area (Å²) in [6.07, 6.45) is 2.65. The standard InChI is InChI=1S/C23H24Cl2N4O3/c1-3-9-29-20-19(21(30)27-23(29)32)15(11-18(26-20)14-6-7-14)22(31)28(4-2)12-13-5-8-16(24)17(25)10-13/h5,8,10-11,14H,3-4,6-7,9,12H2,1-2H3,(H,27,30,32). The van der Waals surface area contributed by atoms with Crippen LogP contribution in [0.25, 0.3) is 11.0 Å². The van der Waals surface area contributed by atoms with E-state index in [1.54, 1.807) is 23.1 Å². The predicted molar refractivity (Wildman–Crippen MR) is 126 cm³/mol. The first kappa shape index (κ1) is 22.6. The Labute approximate surface area is 195 Å². The first-order valence-corrected chi connectivity index (χ1v) is 11.5.